The van der Waals surface area contributed by atoms with Crippen molar-refractivity contribution < 1.29 is 18.9 Å². The molecule has 0 spiro atoms. The summed E-state index contributed by atoms with van der Waals surface area (Å²) in [7, 11) is 1.52. The highest BCUT2D eigenvalue weighted by atomic mass is 16.6. The van der Waals surface area contributed by atoms with Crippen molar-refractivity contribution in [2.24, 2.45) is 5.10 Å². The van der Waals surface area contributed by atoms with Gasteiger partial charge in [0.2, 0.25) is 0 Å². The number of hydrogen-bond acceptors (Lipinski definition) is 6. The van der Waals surface area contributed by atoms with E-state index in [2.05, 4.69) is 10.5 Å². The molecule has 0 saturated heterocycles. The van der Waals surface area contributed by atoms with Gasteiger partial charge in [-0.25, -0.2) is 5.43 Å². The first-order valence-corrected chi connectivity index (χ1v) is 6.23. The quantitative estimate of drug-likeness (QED) is 0.518. The fourth-order valence-corrected chi connectivity index (χ4v) is 1.69. The molecule has 0 radical (unpaired) electrons. The minimum atomic E-state index is -0.658. The van der Waals surface area contributed by atoms with E-state index in [-0.39, 0.29) is 5.76 Å². The van der Waals surface area contributed by atoms with Crippen LogP contribution in [0.5, 0.6) is 5.75 Å². The number of ether oxygens (including phenoxy) is 1. The number of furan rings is 1. The number of hydrazone groups is 1. The van der Waals surface area contributed by atoms with Crippen LogP contribution in [-0.4, -0.2) is 24.2 Å². The lowest BCUT2D eigenvalue weighted by atomic mass is 10.1. The lowest BCUT2D eigenvalue weighted by Crippen LogP contribution is -2.17. The van der Waals surface area contributed by atoms with Crippen LogP contribution in [0.15, 0.2) is 39.9 Å². The Labute approximate surface area is 125 Å². The molecule has 2 rings (SSSR count). The van der Waals surface area contributed by atoms with Gasteiger partial charge in [0.1, 0.15) is 10.7 Å². The number of nitrogens with one attached hydrogen (secondary N) is 1. The molecule has 1 aromatic carbocycles. The summed E-state index contributed by atoms with van der Waals surface area (Å²) in [5.74, 6) is -0.0709. The van der Waals surface area contributed by atoms with Crippen molar-refractivity contribution in [2.45, 2.75) is 6.92 Å². The molecule has 8 nitrogen and oxygen atoms in total. The average molecular weight is 303 g/mol. The van der Waals surface area contributed by atoms with E-state index in [1.807, 2.05) is 6.92 Å². The van der Waals surface area contributed by atoms with Crippen molar-refractivity contribution in [3.63, 3.8) is 0 Å². The zero-order chi connectivity index (χ0) is 16.1. The Kier molecular flexibility index (Phi) is 4.52. The number of rotatable bonds is 5. The molecule has 0 aliphatic rings. The van der Waals surface area contributed by atoms with Gasteiger partial charge in [-0.15, -0.1) is 0 Å². The van der Waals surface area contributed by atoms with Gasteiger partial charge in [0.15, 0.2) is 5.76 Å². The topological polar surface area (TPSA) is 107 Å². The second-order valence-corrected chi connectivity index (χ2v) is 4.32. The molecule has 0 saturated carbocycles. The standard InChI is InChI=1S/C14H13N3O5/c1-9-3-4-10(7-12(9)21-2)14(18)16-15-8-11-5-6-13(22-11)17(19)20/h3-8H,1-2H3,(H,16,18)/b15-8+. The molecule has 0 aliphatic heterocycles. The van der Waals surface area contributed by atoms with E-state index in [4.69, 9.17) is 9.15 Å². The fraction of sp³-hybridized carbons (Fsp3) is 0.143. The van der Waals surface area contributed by atoms with Crippen molar-refractivity contribution in [3.05, 3.63) is 57.3 Å². The maximum absolute atomic E-state index is 11.9. The number of carbonyl (C=O) groups excluding carboxylic acids is 1. The summed E-state index contributed by atoms with van der Waals surface area (Å²) in [6, 6.07) is 7.57. The van der Waals surface area contributed by atoms with Crippen molar-refractivity contribution in [1.82, 2.24) is 5.43 Å². The second-order valence-electron chi connectivity index (χ2n) is 4.32. The number of methoxy groups -OCH3 is 1. The third-order valence-corrected chi connectivity index (χ3v) is 2.82. The third kappa shape index (κ3) is 3.48. The van der Waals surface area contributed by atoms with Crippen LogP contribution >= 0.6 is 0 Å². The van der Waals surface area contributed by atoms with Crippen molar-refractivity contribution in [1.29, 1.82) is 0 Å². The zero-order valence-corrected chi connectivity index (χ0v) is 11.9. The summed E-state index contributed by atoms with van der Waals surface area (Å²) in [4.78, 5) is 21.7. The fourth-order valence-electron chi connectivity index (χ4n) is 1.69. The van der Waals surface area contributed by atoms with Crippen LogP contribution in [0.3, 0.4) is 0 Å². The van der Waals surface area contributed by atoms with E-state index in [1.54, 1.807) is 18.2 Å². The Hall–Kier alpha value is -3.16. The number of amides is 1. The molecular formula is C14H13N3O5. The van der Waals surface area contributed by atoms with Crippen LogP contribution in [0, 0.1) is 17.0 Å². The molecule has 114 valence electrons. The summed E-state index contributed by atoms with van der Waals surface area (Å²) < 4.78 is 10.0. The molecule has 0 fully saturated rings. The maximum Gasteiger partial charge on any atom is 0.433 e. The summed E-state index contributed by atoms with van der Waals surface area (Å²) in [5.41, 5.74) is 3.59. The van der Waals surface area contributed by atoms with Gasteiger partial charge in [0, 0.05) is 5.56 Å². The lowest BCUT2D eigenvalue weighted by Gasteiger charge is -2.06. The number of carbonyl (C=O) groups is 1. The lowest BCUT2D eigenvalue weighted by molar-refractivity contribution is -0.402. The Morgan fingerprint density at radius 1 is 1.41 bits per heavy atom. The summed E-state index contributed by atoms with van der Waals surface area (Å²) >= 11 is 0. The number of nitro groups is 1. The van der Waals surface area contributed by atoms with Gasteiger partial charge in [-0.05, 0) is 30.7 Å². The molecule has 22 heavy (non-hydrogen) atoms. The average Bonchev–Trinajstić information content (AvgIpc) is 2.96. The molecule has 2 aromatic rings. The molecule has 8 heteroatoms. The monoisotopic (exact) mass is 303 g/mol. The minimum absolute atomic E-state index is 0.161. The minimum Gasteiger partial charge on any atom is -0.496 e. The van der Waals surface area contributed by atoms with Crippen LogP contribution in [-0.2, 0) is 0 Å². The van der Waals surface area contributed by atoms with Crippen LogP contribution < -0.4 is 10.2 Å². The number of benzene rings is 1. The molecule has 1 N–H and O–H groups in total. The maximum atomic E-state index is 11.9. The number of hydrogen-bond donors (Lipinski definition) is 1. The SMILES string of the molecule is COc1cc(C(=O)N/N=C/c2ccc([N+](=O)[O-])o2)ccc1C. The van der Waals surface area contributed by atoms with Crippen molar-refractivity contribution in [3.8, 4) is 5.75 Å². The molecule has 0 aliphatic carbocycles. The number of nitrogens with zero attached hydrogens (tertiary/aromatic N) is 2. The van der Waals surface area contributed by atoms with E-state index < -0.39 is 16.7 Å². The van der Waals surface area contributed by atoms with Gasteiger partial charge in [-0.3, -0.25) is 14.9 Å². The Morgan fingerprint density at radius 3 is 2.82 bits per heavy atom. The van der Waals surface area contributed by atoms with E-state index in [9.17, 15) is 14.9 Å². The second kappa shape index (κ2) is 6.53. The summed E-state index contributed by atoms with van der Waals surface area (Å²) in [6.45, 7) is 1.86. The predicted molar refractivity (Wildman–Crippen MR) is 78.2 cm³/mol. The highest BCUT2D eigenvalue weighted by Crippen LogP contribution is 2.18. The highest BCUT2D eigenvalue weighted by molar-refractivity contribution is 5.95. The Bertz CT molecular complexity index is 736. The first kappa shape index (κ1) is 15.2. The Balaban J connectivity index is 2.02. The van der Waals surface area contributed by atoms with Crippen LogP contribution in [0.4, 0.5) is 5.88 Å². The molecule has 1 aromatic heterocycles. The molecule has 0 unspecified atom stereocenters. The molecule has 1 amide bonds. The van der Waals surface area contributed by atoms with E-state index >= 15 is 0 Å². The largest absolute Gasteiger partial charge is 0.496 e. The Morgan fingerprint density at radius 2 is 2.18 bits per heavy atom. The van der Waals surface area contributed by atoms with Gasteiger partial charge >= 0.3 is 5.88 Å². The van der Waals surface area contributed by atoms with Gasteiger partial charge in [-0.1, -0.05) is 6.07 Å². The molecular weight excluding hydrogens is 290 g/mol. The smallest absolute Gasteiger partial charge is 0.433 e. The number of aryl methyl sites for hydroxylation is 1. The van der Waals surface area contributed by atoms with Gasteiger partial charge in [-0.2, -0.15) is 5.10 Å². The van der Waals surface area contributed by atoms with Gasteiger partial charge in [0.05, 0.1) is 19.4 Å². The van der Waals surface area contributed by atoms with Crippen molar-refractivity contribution >= 4 is 18.0 Å². The zero-order valence-electron chi connectivity index (χ0n) is 11.9. The van der Waals surface area contributed by atoms with Crippen molar-refractivity contribution in [2.75, 3.05) is 7.11 Å². The van der Waals surface area contributed by atoms with E-state index in [0.717, 1.165) is 5.56 Å². The third-order valence-electron chi connectivity index (χ3n) is 2.82. The van der Waals surface area contributed by atoms with Gasteiger partial charge < -0.3 is 9.15 Å². The normalized spacial score (nSPS) is 10.6. The highest BCUT2D eigenvalue weighted by Gasteiger charge is 2.11. The first-order valence-electron chi connectivity index (χ1n) is 6.23. The van der Waals surface area contributed by atoms with E-state index in [1.165, 1.54) is 25.5 Å². The molecule has 1 heterocycles. The summed E-state index contributed by atoms with van der Waals surface area (Å²) in [5, 5.41) is 14.1. The molecule has 0 atom stereocenters. The summed E-state index contributed by atoms with van der Waals surface area (Å²) in [6.07, 6.45) is 1.18. The van der Waals surface area contributed by atoms with Crippen LogP contribution in [0.2, 0.25) is 0 Å². The predicted octanol–water partition coefficient (Wildman–Crippen LogP) is 2.27. The van der Waals surface area contributed by atoms with Gasteiger partial charge in [0.25, 0.3) is 5.91 Å². The molecule has 0 bridgehead atoms. The van der Waals surface area contributed by atoms with Crippen LogP contribution in [0.1, 0.15) is 21.7 Å². The first-order chi connectivity index (χ1) is 10.5. The van der Waals surface area contributed by atoms with E-state index in [0.29, 0.717) is 11.3 Å². The van der Waals surface area contributed by atoms with Crippen LogP contribution in [0.25, 0.3) is 0 Å².